The number of halogens is 3. The normalized spacial score (nSPS) is 17.4. The number of amides is 1. The fourth-order valence-corrected chi connectivity index (χ4v) is 4.99. The molecule has 186 valence electrons. The van der Waals surface area contributed by atoms with Crippen LogP contribution in [0, 0.1) is 0 Å². The first-order valence-corrected chi connectivity index (χ1v) is 11.9. The summed E-state index contributed by atoms with van der Waals surface area (Å²) >= 11 is 0. The second-order valence-corrected chi connectivity index (χ2v) is 9.76. The van der Waals surface area contributed by atoms with E-state index in [0.717, 1.165) is 24.1 Å². The maximum Gasteiger partial charge on any atom is 0.416 e. The molecule has 2 aromatic carbocycles. The number of carbonyl (C=O) groups excluding carboxylic acids is 1. The summed E-state index contributed by atoms with van der Waals surface area (Å²) < 4.78 is 42.0. The average Bonchev–Trinajstić information content (AvgIpc) is 3.28. The Hall–Kier alpha value is -3.29. The summed E-state index contributed by atoms with van der Waals surface area (Å²) in [7, 11) is 0. The van der Waals surface area contributed by atoms with Crippen LogP contribution in [0.4, 0.5) is 19.0 Å². The summed E-state index contributed by atoms with van der Waals surface area (Å²) in [4.78, 5) is 13.6. The van der Waals surface area contributed by atoms with Gasteiger partial charge >= 0.3 is 6.18 Å². The van der Waals surface area contributed by atoms with Gasteiger partial charge in [0.2, 0.25) is 0 Å². The van der Waals surface area contributed by atoms with Gasteiger partial charge in [-0.05, 0) is 56.4 Å². The molecule has 0 spiro atoms. The summed E-state index contributed by atoms with van der Waals surface area (Å²) in [5.41, 5.74) is -0.102. The molecule has 0 radical (unpaired) electrons. The number of nitrogens with one attached hydrogen (secondary N) is 2. The molecule has 1 unspecified atom stereocenters. The van der Waals surface area contributed by atoms with E-state index in [2.05, 4.69) is 29.6 Å². The lowest BCUT2D eigenvalue weighted by Gasteiger charge is -2.39. The molecule has 3 aromatic rings. The summed E-state index contributed by atoms with van der Waals surface area (Å²) in [5.74, 6) is 0.238. The lowest BCUT2D eigenvalue weighted by Crippen LogP contribution is -2.45. The summed E-state index contributed by atoms with van der Waals surface area (Å²) in [6.07, 6.45) is -1.27. The van der Waals surface area contributed by atoms with E-state index in [1.165, 1.54) is 12.3 Å². The third kappa shape index (κ3) is 4.66. The fraction of sp³-hybridized carbons (Fsp3) is 0.407. The molecule has 1 atom stereocenters. The van der Waals surface area contributed by atoms with Crippen LogP contribution in [0.5, 0.6) is 0 Å². The van der Waals surface area contributed by atoms with E-state index < -0.39 is 17.3 Å². The lowest BCUT2D eigenvalue weighted by atomic mass is 9.83. The highest BCUT2D eigenvalue weighted by atomic mass is 19.4. The summed E-state index contributed by atoms with van der Waals surface area (Å²) in [5, 5.41) is 11.0. The molecular formula is C27H31F3N4O. The molecular weight excluding hydrogens is 453 g/mol. The number of hydrogen-bond donors (Lipinski definition) is 2. The van der Waals surface area contributed by atoms with Gasteiger partial charge in [0.1, 0.15) is 11.4 Å². The van der Waals surface area contributed by atoms with Crippen molar-refractivity contribution in [3.63, 3.8) is 0 Å². The Morgan fingerprint density at radius 3 is 2.37 bits per heavy atom. The van der Waals surface area contributed by atoms with Gasteiger partial charge in [-0.1, -0.05) is 56.3 Å². The number of carbonyl (C=O) groups is 1. The Morgan fingerprint density at radius 2 is 1.74 bits per heavy atom. The van der Waals surface area contributed by atoms with E-state index in [4.69, 9.17) is 0 Å². The SMILES string of the molecule is CCC(CC)(NC(=O)c1cnn2c1NC(c1ccccc1)CC2(C)C)c1cccc(C(F)(F)F)c1. The van der Waals surface area contributed by atoms with Crippen LogP contribution >= 0.6 is 0 Å². The molecule has 1 aromatic heterocycles. The molecule has 0 fully saturated rings. The maximum atomic E-state index is 13.6. The summed E-state index contributed by atoms with van der Waals surface area (Å²) in [6, 6.07) is 15.2. The first-order chi connectivity index (χ1) is 16.5. The molecule has 8 heteroatoms. The topological polar surface area (TPSA) is 59.0 Å². The minimum atomic E-state index is -4.46. The van der Waals surface area contributed by atoms with Gasteiger partial charge in [0.15, 0.2) is 0 Å². The number of benzene rings is 2. The second-order valence-electron chi connectivity index (χ2n) is 9.76. The Balaban J connectivity index is 1.68. The van der Waals surface area contributed by atoms with Crippen molar-refractivity contribution in [1.82, 2.24) is 15.1 Å². The molecule has 0 saturated carbocycles. The number of hydrogen-bond acceptors (Lipinski definition) is 3. The third-order valence-electron chi connectivity index (χ3n) is 7.11. The molecule has 35 heavy (non-hydrogen) atoms. The van der Waals surface area contributed by atoms with Crippen LogP contribution in [0.1, 0.15) is 80.0 Å². The molecule has 2 heterocycles. The monoisotopic (exact) mass is 484 g/mol. The van der Waals surface area contributed by atoms with Crippen molar-refractivity contribution in [2.24, 2.45) is 0 Å². The van der Waals surface area contributed by atoms with E-state index in [1.54, 1.807) is 6.07 Å². The zero-order valence-corrected chi connectivity index (χ0v) is 20.4. The van der Waals surface area contributed by atoms with Crippen LogP contribution in [0.2, 0.25) is 0 Å². The molecule has 1 amide bonds. The van der Waals surface area contributed by atoms with Crippen molar-refractivity contribution in [1.29, 1.82) is 0 Å². The molecule has 2 N–H and O–H groups in total. The molecule has 5 nitrogen and oxygen atoms in total. The van der Waals surface area contributed by atoms with Crippen LogP contribution < -0.4 is 10.6 Å². The Kier molecular flexibility index (Phi) is 6.42. The first-order valence-electron chi connectivity index (χ1n) is 11.9. The quantitative estimate of drug-likeness (QED) is 0.412. The molecule has 1 aliphatic rings. The van der Waals surface area contributed by atoms with E-state index in [9.17, 15) is 18.0 Å². The fourth-order valence-electron chi connectivity index (χ4n) is 4.99. The largest absolute Gasteiger partial charge is 0.416 e. The Labute approximate surface area is 203 Å². The molecule has 4 rings (SSSR count). The minimum absolute atomic E-state index is 0.00692. The first kappa shape index (κ1) is 24.8. The van der Waals surface area contributed by atoms with Gasteiger partial charge < -0.3 is 10.6 Å². The molecule has 0 aliphatic carbocycles. The van der Waals surface area contributed by atoms with E-state index >= 15 is 0 Å². The van der Waals surface area contributed by atoms with E-state index in [-0.39, 0.29) is 17.5 Å². The molecule has 0 saturated heterocycles. The van der Waals surface area contributed by atoms with Crippen LogP contribution in [-0.4, -0.2) is 15.7 Å². The number of nitrogens with zero attached hydrogens (tertiary/aromatic N) is 2. The van der Waals surface area contributed by atoms with E-state index in [0.29, 0.717) is 29.8 Å². The molecule has 1 aliphatic heterocycles. The number of anilines is 1. The number of alkyl halides is 3. The van der Waals surface area contributed by atoms with Crippen molar-refractivity contribution < 1.29 is 18.0 Å². The number of rotatable bonds is 6. The smallest absolute Gasteiger partial charge is 0.363 e. The summed E-state index contributed by atoms with van der Waals surface area (Å²) in [6.45, 7) is 7.88. The van der Waals surface area contributed by atoms with Gasteiger partial charge in [0, 0.05) is 0 Å². The lowest BCUT2D eigenvalue weighted by molar-refractivity contribution is -0.137. The Morgan fingerprint density at radius 1 is 1.09 bits per heavy atom. The Bertz CT molecular complexity index is 1200. The van der Waals surface area contributed by atoms with Crippen molar-refractivity contribution in [2.45, 2.75) is 70.3 Å². The highest BCUT2D eigenvalue weighted by Crippen LogP contribution is 2.40. The standard InChI is InChI=1S/C27H31F3N4O/c1-5-26(6-2,19-13-10-14-20(15-19)27(28,29)30)33-24(35)21-17-31-34-23(21)32-22(16-25(34,3)4)18-11-8-7-9-12-18/h7-15,17,22,32H,5-6,16H2,1-4H3,(H,33,35). The van der Waals surface area contributed by atoms with Crippen LogP contribution in [0.3, 0.4) is 0 Å². The van der Waals surface area contributed by atoms with Crippen LogP contribution in [-0.2, 0) is 17.3 Å². The number of fused-ring (bicyclic) bond motifs is 1. The van der Waals surface area contributed by atoms with Gasteiger partial charge in [-0.2, -0.15) is 18.3 Å². The van der Waals surface area contributed by atoms with Crippen molar-refractivity contribution in [3.05, 3.63) is 83.0 Å². The highest BCUT2D eigenvalue weighted by Gasteiger charge is 2.39. The number of aromatic nitrogens is 2. The highest BCUT2D eigenvalue weighted by molar-refractivity contribution is 5.99. The van der Waals surface area contributed by atoms with Gasteiger partial charge in [-0.3, -0.25) is 4.79 Å². The molecule has 0 bridgehead atoms. The predicted molar refractivity (Wildman–Crippen MR) is 130 cm³/mol. The van der Waals surface area contributed by atoms with Crippen molar-refractivity contribution in [3.8, 4) is 0 Å². The van der Waals surface area contributed by atoms with Crippen LogP contribution in [0.25, 0.3) is 0 Å². The predicted octanol–water partition coefficient (Wildman–Crippen LogP) is 6.64. The zero-order valence-electron chi connectivity index (χ0n) is 20.4. The van der Waals surface area contributed by atoms with Gasteiger partial charge in [-0.15, -0.1) is 0 Å². The van der Waals surface area contributed by atoms with Gasteiger partial charge in [0.05, 0.1) is 28.9 Å². The third-order valence-corrected chi connectivity index (χ3v) is 7.11. The van der Waals surface area contributed by atoms with Crippen molar-refractivity contribution >= 4 is 11.7 Å². The minimum Gasteiger partial charge on any atom is -0.363 e. The van der Waals surface area contributed by atoms with Crippen molar-refractivity contribution in [2.75, 3.05) is 5.32 Å². The second kappa shape index (κ2) is 9.06. The van der Waals surface area contributed by atoms with Crippen LogP contribution in [0.15, 0.2) is 60.8 Å². The zero-order chi connectivity index (χ0) is 25.4. The average molecular weight is 485 g/mol. The van der Waals surface area contributed by atoms with E-state index in [1.807, 2.05) is 48.9 Å². The van der Waals surface area contributed by atoms with Gasteiger partial charge in [0.25, 0.3) is 5.91 Å². The maximum absolute atomic E-state index is 13.6. The van der Waals surface area contributed by atoms with Gasteiger partial charge in [-0.25, -0.2) is 4.68 Å².